The molecule has 2 atom stereocenters. The number of esters is 1. The Balaban J connectivity index is 0.00000441. The van der Waals surface area contributed by atoms with Gasteiger partial charge in [0.2, 0.25) is 0 Å². The number of thioether (sulfide) groups is 1. The lowest BCUT2D eigenvalue weighted by molar-refractivity contribution is -0.145. The van der Waals surface area contributed by atoms with Crippen LogP contribution in [0.25, 0.3) is 0 Å². The molecule has 0 aliphatic carbocycles. The molecule has 0 aromatic carbocycles. The van der Waals surface area contributed by atoms with Crippen molar-refractivity contribution in [1.29, 1.82) is 0 Å². The van der Waals surface area contributed by atoms with Crippen LogP contribution in [0.4, 0.5) is 0 Å². The minimum atomic E-state index is -0.120. The summed E-state index contributed by atoms with van der Waals surface area (Å²) in [5.74, 6) is 1.01. The number of hydrogen-bond donors (Lipinski definition) is 1. The number of halogens is 1. The Morgan fingerprint density at radius 1 is 1.45 bits per heavy atom. The lowest BCUT2D eigenvalue weighted by Gasteiger charge is -2.24. The Morgan fingerprint density at radius 2 is 2.09 bits per heavy atom. The third kappa shape index (κ3) is 6.14. The van der Waals surface area contributed by atoms with Crippen LogP contribution in [0.5, 0.6) is 0 Å². The predicted octanol–water partition coefficient (Wildman–Crippen LogP) is 2.45. The third-order valence-corrected chi connectivity index (χ3v) is 5.15. The van der Waals surface area contributed by atoms with E-state index in [0.29, 0.717) is 6.54 Å². The van der Waals surface area contributed by atoms with Crippen molar-refractivity contribution < 1.29 is 9.53 Å². The van der Waals surface area contributed by atoms with Gasteiger partial charge in [0, 0.05) is 24.4 Å². The number of nitrogens with zero attached hydrogens (tertiary/aromatic N) is 2. The molecule has 7 heteroatoms. The van der Waals surface area contributed by atoms with E-state index in [2.05, 4.69) is 44.2 Å². The molecule has 0 aromatic heterocycles. The summed E-state index contributed by atoms with van der Waals surface area (Å²) in [7, 11) is 1.46. The van der Waals surface area contributed by atoms with Crippen molar-refractivity contribution in [3.8, 4) is 0 Å². The zero-order chi connectivity index (χ0) is 16.0. The van der Waals surface area contributed by atoms with E-state index in [1.54, 1.807) is 0 Å². The zero-order valence-corrected chi connectivity index (χ0v) is 17.7. The number of ether oxygens (including phenoxy) is 1. The largest absolute Gasteiger partial charge is 0.469 e. The highest BCUT2D eigenvalue weighted by atomic mass is 127. The van der Waals surface area contributed by atoms with E-state index in [0.717, 1.165) is 25.6 Å². The van der Waals surface area contributed by atoms with E-state index in [1.165, 1.54) is 7.11 Å². The highest BCUT2D eigenvalue weighted by molar-refractivity contribution is 14.0. The molecule has 1 heterocycles. The number of nitrogens with one attached hydrogen (secondary N) is 1. The Kier molecular flexibility index (Phi) is 9.77. The van der Waals surface area contributed by atoms with Gasteiger partial charge in [0.05, 0.1) is 19.6 Å². The summed E-state index contributed by atoms with van der Waals surface area (Å²) in [4.78, 5) is 18.7. The molecule has 0 aromatic rings. The average Bonchev–Trinajstić information content (AvgIpc) is 2.84. The number of methoxy groups -OCH3 is 1. The molecule has 0 spiro atoms. The monoisotopic (exact) mass is 443 g/mol. The van der Waals surface area contributed by atoms with Gasteiger partial charge in [-0.1, -0.05) is 6.92 Å². The molecule has 130 valence electrons. The minimum Gasteiger partial charge on any atom is -0.469 e. The van der Waals surface area contributed by atoms with E-state index in [9.17, 15) is 4.79 Å². The first kappa shape index (κ1) is 21.8. The van der Waals surface area contributed by atoms with Crippen LogP contribution in [0.2, 0.25) is 0 Å². The van der Waals surface area contributed by atoms with Crippen LogP contribution in [0, 0.1) is 11.8 Å². The van der Waals surface area contributed by atoms with Gasteiger partial charge in [-0.15, -0.1) is 24.0 Å². The summed E-state index contributed by atoms with van der Waals surface area (Å²) < 4.78 is 5.01. The maximum Gasteiger partial charge on any atom is 0.310 e. The zero-order valence-electron chi connectivity index (χ0n) is 14.5. The van der Waals surface area contributed by atoms with Gasteiger partial charge in [-0.05, 0) is 32.9 Å². The number of guanidine groups is 1. The summed E-state index contributed by atoms with van der Waals surface area (Å²) in [5, 5.41) is 3.33. The minimum absolute atomic E-state index is 0. The predicted molar refractivity (Wildman–Crippen MR) is 105 cm³/mol. The number of aliphatic imine (C=N–C) groups is 1. The topological polar surface area (TPSA) is 53.9 Å². The molecule has 0 bridgehead atoms. The second-order valence-corrected chi connectivity index (χ2v) is 7.66. The highest BCUT2D eigenvalue weighted by Gasteiger charge is 2.37. The summed E-state index contributed by atoms with van der Waals surface area (Å²) in [5.41, 5.74) is 0. The fourth-order valence-corrected chi connectivity index (χ4v) is 2.55. The van der Waals surface area contributed by atoms with Crippen molar-refractivity contribution in [2.24, 2.45) is 16.8 Å². The van der Waals surface area contributed by atoms with E-state index in [1.807, 2.05) is 11.8 Å². The summed E-state index contributed by atoms with van der Waals surface area (Å²) in [6.45, 7) is 11.6. The van der Waals surface area contributed by atoms with Crippen LogP contribution >= 0.6 is 35.7 Å². The van der Waals surface area contributed by atoms with Gasteiger partial charge in [0.1, 0.15) is 0 Å². The first-order chi connectivity index (χ1) is 9.84. The number of carbonyl (C=O) groups is 1. The molecule has 1 saturated heterocycles. The number of likely N-dealkylation sites (tertiary alicyclic amines) is 1. The first-order valence-electron chi connectivity index (χ1n) is 7.50. The molecular weight excluding hydrogens is 413 g/mol. The average molecular weight is 443 g/mol. The normalized spacial score (nSPS) is 22.3. The van der Waals surface area contributed by atoms with Gasteiger partial charge in [0.15, 0.2) is 5.96 Å². The van der Waals surface area contributed by atoms with Crippen molar-refractivity contribution in [2.45, 2.75) is 32.4 Å². The van der Waals surface area contributed by atoms with Gasteiger partial charge in [-0.3, -0.25) is 9.79 Å². The van der Waals surface area contributed by atoms with E-state index in [4.69, 9.17) is 9.73 Å². The van der Waals surface area contributed by atoms with Crippen molar-refractivity contribution in [3.05, 3.63) is 0 Å². The van der Waals surface area contributed by atoms with Crippen molar-refractivity contribution in [1.82, 2.24) is 10.2 Å². The second kappa shape index (κ2) is 9.85. The first-order valence-corrected chi connectivity index (χ1v) is 8.73. The third-order valence-electron chi connectivity index (χ3n) is 3.91. The maximum absolute atomic E-state index is 11.8. The van der Waals surface area contributed by atoms with Gasteiger partial charge in [0.25, 0.3) is 0 Å². The maximum atomic E-state index is 11.8. The van der Waals surface area contributed by atoms with Crippen LogP contribution in [-0.4, -0.2) is 61.1 Å². The SMILES string of the molecule is CCNC(=NCC(C)(C)SC)N1CC(C)C(C(=O)OC)C1.I. The van der Waals surface area contributed by atoms with E-state index < -0.39 is 0 Å². The Labute approximate surface area is 156 Å². The van der Waals surface area contributed by atoms with Crippen molar-refractivity contribution in [2.75, 3.05) is 39.5 Å². The Bertz CT molecular complexity index is 391. The highest BCUT2D eigenvalue weighted by Crippen LogP contribution is 2.25. The Hall–Kier alpha value is -0.180. The van der Waals surface area contributed by atoms with Gasteiger partial charge >= 0.3 is 5.97 Å². The van der Waals surface area contributed by atoms with E-state index >= 15 is 0 Å². The molecule has 1 aliphatic heterocycles. The lowest BCUT2D eigenvalue weighted by Crippen LogP contribution is -2.41. The second-order valence-electron chi connectivity index (χ2n) is 6.15. The van der Waals surface area contributed by atoms with Gasteiger partial charge in [-0.2, -0.15) is 11.8 Å². The molecule has 0 saturated carbocycles. The molecule has 0 radical (unpaired) electrons. The quantitative estimate of drug-likeness (QED) is 0.306. The number of hydrogen-bond acceptors (Lipinski definition) is 4. The van der Waals surface area contributed by atoms with Crippen LogP contribution < -0.4 is 5.32 Å². The molecule has 1 N–H and O–H groups in total. The van der Waals surface area contributed by atoms with Crippen LogP contribution in [-0.2, 0) is 9.53 Å². The molecule has 0 amide bonds. The number of carbonyl (C=O) groups excluding carboxylic acids is 1. The van der Waals surface area contributed by atoms with Gasteiger partial charge < -0.3 is 15.0 Å². The molecule has 1 aliphatic rings. The van der Waals surface area contributed by atoms with Crippen molar-refractivity contribution in [3.63, 3.8) is 0 Å². The standard InChI is InChI=1S/C15H29N3O2S.HI/c1-7-16-14(17-10-15(3,4)21-6)18-8-11(2)12(9-18)13(19)20-5;/h11-12H,7-10H2,1-6H3,(H,16,17);1H. The van der Waals surface area contributed by atoms with Crippen LogP contribution in [0.15, 0.2) is 4.99 Å². The lowest BCUT2D eigenvalue weighted by atomic mass is 9.99. The summed E-state index contributed by atoms with van der Waals surface area (Å²) in [6, 6.07) is 0. The number of rotatable bonds is 5. The molecule has 2 unspecified atom stereocenters. The molecular formula is C15H30IN3O2S. The summed E-state index contributed by atoms with van der Waals surface area (Å²) in [6.07, 6.45) is 2.10. The van der Waals surface area contributed by atoms with Gasteiger partial charge in [-0.25, -0.2) is 0 Å². The van der Waals surface area contributed by atoms with E-state index in [-0.39, 0.29) is 46.5 Å². The molecule has 22 heavy (non-hydrogen) atoms. The molecule has 1 rings (SSSR count). The van der Waals surface area contributed by atoms with Crippen LogP contribution in [0.3, 0.4) is 0 Å². The fourth-order valence-electron chi connectivity index (χ4n) is 2.35. The Morgan fingerprint density at radius 3 is 2.59 bits per heavy atom. The van der Waals surface area contributed by atoms with Crippen LogP contribution in [0.1, 0.15) is 27.7 Å². The fraction of sp³-hybridized carbons (Fsp3) is 0.867. The summed E-state index contributed by atoms with van der Waals surface area (Å²) >= 11 is 1.81. The molecule has 1 fully saturated rings. The smallest absolute Gasteiger partial charge is 0.310 e. The molecule has 5 nitrogen and oxygen atoms in total. The van der Waals surface area contributed by atoms with Crippen molar-refractivity contribution >= 4 is 47.7 Å².